The van der Waals surface area contributed by atoms with Crippen molar-refractivity contribution >= 4 is 22.5 Å². The number of hydrogen-bond acceptors (Lipinski definition) is 3. The quantitative estimate of drug-likeness (QED) is 0.846. The molecule has 0 saturated carbocycles. The highest BCUT2D eigenvalue weighted by atomic mass is 19.2. The Morgan fingerprint density at radius 3 is 2.90 bits per heavy atom. The number of carbonyl (C=O) groups is 1. The van der Waals surface area contributed by atoms with Gasteiger partial charge in [-0.25, -0.2) is 13.8 Å². The fourth-order valence-electron chi connectivity index (χ4n) is 1.90. The summed E-state index contributed by atoms with van der Waals surface area (Å²) in [6.45, 7) is 1.77. The van der Waals surface area contributed by atoms with E-state index in [2.05, 4.69) is 21.5 Å². The molecule has 1 heterocycles. The molecular weight excluding hydrogens is 276 g/mol. The third kappa shape index (κ3) is 3.26. The summed E-state index contributed by atoms with van der Waals surface area (Å²) in [6, 6.07) is 4.11. The zero-order valence-corrected chi connectivity index (χ0v) is 11.3. The summed E-state index contributed by atoms with van der Waals surface area (Å²) in [4.78, 5) is 15.5. The summed E-state index contributed by atoms with van der Waals surface area (Å²) < 4.78 is 27.0. The Balaban J connectivity index is 2.30. The lowest BCUT2D eigenvalue weighted by molar-refractivity contribution is -0.119. The summed E-state index contributed by atoms with van der Waals surface area (Å²) in [5.41, 5.74) is 0.951. The van der Waals surface area contributed by atoms with Gasteiger partial charge in [-0.1, -0.05) is 5.92 Å². The molecule has 0 atom stereocenters. The van der Waals surface area contributed by atoms with Crippen LogP contribution in [0.25, 0.3) is 10.9 Å². The van der Waals surface area contributed by atoms with Gasteiger partial charge in [0.1, 0.15) is 5.52 Å². The highest BCUT2D eigenvalue weighted by molar-refractivity contribution is 5.93. The van der Waals surface area contributed by atoms with E-state index >= 15 is 0 Å². The van der Waals surface area contributed by atoms with Gasteiger partial charge in [0.25, 0.3) is 0 Å². The molecule has 0 aliphatic carbocycles. The van der Waals surface area contributed by atoms with Gasteiger partial charge in [-0.2, -0.15) is 0 Å². The minimum absolute atomic E-state index is 0.0285. The monoisotopic (exact) mass is 289 g/mol. The number of halogens is 2. The maximum absolute atomic E-state index is 13.8. The predicted octanol–water partition coefficient (Wildman–Crippen LogP) is 1.98. The molecule has 108 valence electrons. The molecule has 21 heavy (non-hydrogen) atoms. The fraction of sp³-hybridized carbons (Fsp3) is 0.200. The Labute approximate surface area is 120 Å². The largest absolute Gasteiger partial charge is 0.376 e. The highest BCUT2D eigenvalue weighted by Gasteiger charge is 2.12. The maximum atomic E-state index is 13.8. The molecule has 4 nitrogen and oxygen atoms in total. The minimum atomic E-state index is -1.00. The van der Waals surface area contributed by atoms with E-state index in [1.54, 1.807) is 13.0 Å². The number of pyridine rings is 1. The van der Waals surface area contributed by atoms with E-state index in [1.807, 2.05) is 0 Å². The second kappa shape index (κ2) is 6.18. The van der Waals surface area contributed by atoms with Crippen molar-refractivity contribution in [2.24, 2.45) is 0 Å². The average Bonchev–Trinajstić information content (AvgIpc) is 2.46. The van der Waals surface area contributed by atoms with Crippen LogP contribution in [0.15, 0.2) is 18.2 Å². The van der Waals surface area contributed by atoms with Crippen molar-refractivity contribution < 1.29 is 13.6 Å². The number of carbonyl (C=O) groups excluding carboxylic acids is 1. The molecule has 1 aromatic carbocycles. The molecule has 2 aromatic rings. The van der Waals surface area contributed by atoms with Crippen molar-refractivity contribution in [3.63, 3.8) is 0 Å². The molecule has 0 unspecified atom stereocenters. The molecule has 1 amide bonds. The van der Waals surface area contributed by atoms with Crippen LogP contribution in [0.4, 0.5) is 14.5 Å². The molecule has 2 rings (SSSR count). The number of rotatable bonds is 4. The zero-order valence-electron chi connectivity index (χ0n) is 11.3. The van der Waals surface area contributed by atoms with Gasteiger partial charge >= 0.3 is 0 Å². The fourth-order valence-corrected chi connectivity index (χ4v) is 1.90. The van der Waals surface area contributed by atoms with Gasteiger partial charge < -0.3 is 10.6 Å². The van der Waals surface area contributed by atoms with E-state index in [1.165, 1.54) is 6.07 Å². The Morgan fingerprint density at radius 2 is 2.19 bits per heavy atom. The summed E-state index contributed by atoms with van der Waals surface area (Å²) in [5, 5.41) is 5.78. The molecule has 0 fully saturated rings. The summed E-state index contributed by atoms with van der Waals surface area (Å²) >= 11 is 0. The van der Waals surface area contributed by atoms with Gasteiger partial charge in [0.05, 0.1) is 13.1 Å². The maximum Gasteiger partial charge on any atom is 0.240 e. The SMILES string of the molecule is C#CCNC(=O)CNc1cc(C)nc2c(F)c(F)ccc12. The van der Waals surface area contributed by atoms with E-state index < -0.39 is 11.6 Å². The smallest absolute Gasteiger partial charge is 0.240 e. The van der Waals surface area contributed by atoms with Crippen molar-refractivity contribution in [2.45, 2.75) is 6.92 Å². The van der Waals surface area contributed by atoms with E-state index in [4.69, 9.17) is 6.42 Å². The Morgan fingerprint density at radius 1 is 1.43 bits per heavy atom. The van der Waals surface area contributed by atoms with E-state index in [0.29, 0.717) is 16.8 Å². The van der Waals surface area contributed by atoms with Crippen LogP contribution in [-0.4, -0.2) is 24.0 Å². The van der Waals surface area contributed by atoms with Crippen LogP contribution < -0.4 is 10.6 Å². The second-order valence-corrected chi connectivity index (χ2v) is 4.40. The number of benzene rings is 1. The van der Waals surface area contributed by atoms with Crippen molar-refractivity contribution in [1.29, 1.82) is 0 Å². The summed E-state index contributed by atoms with van der Waals surface area (Å²) in [5.74, 6) is 0.0313. The van der Waals surface area contributed by atoms with Crippen LogP contribution in [0, 0.1) is 30.9 Å². The molecule has 0 bridgehead atoms. The minimum Gasteiger partial charge on any atom is -0.376 e. The van der Waals surface area contributed by atoms with Crippen molar-refractivity contribution in [3.8, 4) is 12.3 Å². The Bertz CT molecular complexity index is 738. The average molecular weight is 289 g/mol. The molecule has 0 radical (unpaired) electrons. The number of aromatic nitrogens is 1. The molecule has 2 N–H and O–H groups in total. The van der Waals surface area contributed by atoms with Crippen LogP contribution in [-0.2, 0) is 4.79 Å². The first kappa shape index (κ1) is 14.7. The second-order valence-electron chi connectivity index (χ2n) is 4.40. The number of hydrogen-bond donors (Lipinski definition) is 2. The van der Waals surface area contributed by atoms with Gasteiger partial charge in [0.2, 0.25) is 5.91 Å². The normalized spacial score (nSPS) is 10.2. The van der Waals surface area contributed by atoms with Gasteiger partial charge in [0.15, 0.2) is 11.6 Å². The van der Waals surface area contributed by atoms with Crippen LogP contribution in [0.2, 0.25) is 0 Å². The standard InChI is InChI=1S/C15H13F2N3O/c1-3-6-18-13(21)8-19-12-7-9(2)20-15-10(12)4-5-11(16)14(15)17/h1,4-5,7H,6,8H2,2H3,(H,18,21)(H,19,20). The number of nitrogens with zero attached hydrogens (tertiary/aromatic N) is 1. The zero-order chi connectivity index (χ0) is 15.4. The Hall–Kier alpha value is -2.68. The van der Waals surface area contributed by atoms with Crippen LogP contribution >= 0.6 is 0 Å². The number of terminal acetylenes is 1. The summed E-state index contributed by atoms with van der Waals surface area (Å²) in [7, 11) is 0. The number of amides is 1. The van der Waals surface area contributed by atoms with Crippen LogP contribution in [0.3, 0.4) is 0 Å². The lowest BCUT2D eigenvalue weighted by atomic mass is 10.1. The topological polar surface area (TPSA) is 54.0 Å². The van der Waals surface area contributed by atoms with Crippen LogP contribution in [0.1, 0.15) is 5.69 Å². The lowest BCUT2D eigenvalue weighted by Gasteiger charge is -2.11. The van der Waals surface area contributed by atoms with Gasteiger partial charge in [-0.05, 0) is 25.1 Å². The predicted molar refractivity (Wildman–Crippen MR) is 76.7 cm³/mol. The molecule has 0 aliphatic heterocycles. The van der Waals surface area contributed by atoms with Gasteiger partial charge in [-0.3, -0.25) is 4.79 Å². The molecule has 0 saturated heterocycles. The van der Waals surface area contributed by atoms with Crippen molar-refractivity contribution in [1.82, 2.24) is 10.3 Å². The summed E-state index contributed by atoms with van der Waals surface area (Å²) in [6.07, 6.45) is 5.04. The Kier molecular flexibility index (Phi) is 4.33. The molecule has 0 aliphatic rings. The van der Waals surface area contributed by atoms with E-state index in [0.717, 1.165) is 6.07 Å². The molecule has 1 aromatic heterocycles. The first-order chi connectivity index (χ1) is 10.0. The van der Waals surface area contributed by atoms with Crippen molar-refractivity contribution in [2.75, 3.05) is 18.4 Å². The van der Waals surface area contributed by atoms with Gasteiger partial charge in [-0.15, -0.1) is 6.42 Å². The highest BCUT2D eigenvalue weighted by Crippen LogP contribution is 2.26. The van der Waals surface area contributed by atoms with Crippen molar-refractivity contribution in [3.05, 3.63) is 35.5 Å². The van der Waals surface area contributed by atoms with E-state index in [-0.39, 0.29) is 24.5 Å². The van der Waals surface area contributed by atoms with Crippen LogP contribution in [0.5, 0.6) is 0 Å². The third-order valence-electron chi connectivity index (χ3n) is 2.83. The number of nitrogens with one attached hydrogen (secondary N) is 2. The first-order valence-electron chi connectivity index (χ1n) is 6.22. The van der Waals surface area contributed by atoms with Gasteiger partial charge in [0, 0.05) is 16.8 Å². The first-order valence-corrected chi connectivity index (χ1v) is 6.22. The number of aryl methyl sites for hydroxylation is 1. The molecule has 6 heteroatoms. The molecule has 0 spiro atoms. The third-order valence-corrected chi connectivity index (χ3v) is 2.83. The number of fused-ring (bicyclic) bond motifs is 1. The lowest BCUT2D eigenvalue weighted by Crippen LogP contribution is -2.30. The van der Waals surface area contributed by atoms with E-state index in [9.17, 15) is 13.6 Å². The number of anilines is 1. The molecular formula is C15H13F2N3O.